The number of aliphatic imine (C=N–C) groups is 1. The molecule has 124 valence electrons. The molecule has 0 spiro atoms. The third-order valence-electron chi connectivity index (χ3n) is 3.67. The highest BCUT2D eigenvalue weighted by molar-refractivity contribution is 8.15. The van der Waals surface area contributed by atoms with Crippen molar-refractivity contribution in [3.63, 3.8) is 0 Å². The van der Waals surface area contributed by atoms with E-state index in [0.29, 0.717) is 13.1 Å². The Hall–Kier alpha value is -1.82. The Morgan fingerprint density at radius 2 is 2.04 bits per heavy atom. The molecule has 2 rings (SSSR count). The second-order valence-corrected chi connectivity index (χ2v) is 6.38. The van der Waals surface area contributed by atoms with Gasteiger partial charge in [0.15, 0.2) is 5.17 Å². The van der Waals surface area contributed by atoms with Gasteiger partial charge in [-0.3, -0.25) is 19.5 Å². The number of anilines is 1. The monoisotopic (exact) mass is 333 g/mol. The zero-order chi connectivity index (χ0) is 16.8. The molecule has 6 heteroatoms. The van der Waals surface area contributed by atoms with Crippen molar-refractivity contribution in [1.29, 1.82) is 0 Å². The molecule has 1 unspecified atom stereocenters. The van der Waals surface area contributed by atoms with Crippen molar-refractivity contribution in [3.8, 4) is 0 Å². The fraction of sp³-hybridized carbons (Fsp3) is 0.471. The van der Waals surface area contributed by atoms with Crippen LogP contribution in [0.4, 0.5) is 5.69 Å². The largest absolute Gasteiger partial charge is 0.326 e. The molecule has 2 amide bonds. The highest BCUT2D eigenvalue weighted by Crippen LogP contribution is 2.29. The molecule has 1 fully saturated rings. The van der Waals surface area contributed by atoms with E-state index in [-0.39, 0.29) is 23.5 Å². The van der Waals surface area contributed by atoms with Gasteiger partial charge >= 0.3 is 0 Å². The van der Waals surface area contributed by atoms with Crippen molar-refractivity contribution in [3.05, 3.63) is 29.8 Å². The second-order valence-electron chi connectivity index (χ2n) is 5.21. The lowest BCUT2D eigenvalue weighted by Gasteiger charge is -2.13. The minimum Gasteiger partial charge on any atom is -0.326 e. The number of rotatable bonds is 6. The number of carbonyl (C=O) groups is 2. The first-order valence-electron chi connectivity index (χ1n) is 8.00. The fourth-order valence-electron chi connectivity index (χ4n) is 2.51. The van der Waals surface area contributed by atoms with Crippen LogP contribution in [0.1, 0.15) is 32.8 Å². The zero-order valence-electron chi connectivity index (χ0n) is 13.8. The molecule has 1 aliphatic rings. The Bertz CT molecular complexity index is 616. The van der Waals surface area contributed by atoms with Gasteiger partial charge in [0.2, 0.25) is 11.8 Å². The van der Waals surface area contributed by atoms with Gasteiger partial charge in [0.1, 0.15) is 5.25 Å². The number of amides is 2. The average Bonchev–Trinajstić information content (AvgIpc) is 2.83. The van der Waals surface area contributed by atoms with Crippen LogP contribution in [0.3, 0.4) is 0 Å². The number of hydrogen-bond donors (Lipinski definition) is 1. The normalized spacial score (nSPS) is 19.4. The minimum atomic E-state index is -0.381. The molecule has 0 radical (unpaired) electrons. The number of benzene rings is 1. The Kier molecular flexibility index (Phi) is 6.21. The first-order chi connectivity index (χ1) is 11.1. The van der Waals surface area contributed by atoms with Crippen LogP contribution in [0.2, 0.25) is 0 Å². The van der Waals surface area contributed by atoms with Gasteiger partial charge in [-0.25, -0.2) is 0 Å². The lowest BCUT2D eigenvalue weighted by Crippen LogP contribution is -2.33. The number of carbonyl (C=O) groups excluding carboxylic acids is 2. The van der Waals surface area contributed by atoms with E-state index >= 15 is 0 Å². The van der Waals surface area contributed by atoms with Gasteiger partial charge in [0, 0.05) is 25.2 Å². The van der Waals surface area contributed by atoms with Crippen LogP contribution in [0.5, 0.6) is 0 Å². The highest BCUT2D eigenvalue weighted by atomic mass is 32.2. The van der Waals surface area contributed by atoms with Crippen molar-refractivity contribution in [2.45, 2.75) is 38.9 Å². The molecule has 0 aromatic heterocycles. The van der Waals surface area contributed by atoms with Gasteiger partial charge in [-0.2, -0.15) is 0 Å². The van der Waals surface area contributed by atoms with E-state index in [4.69, 9.17) is 0 Å². The second kappa shape index (κ2) is 8.15. The van der Waals surface area contributed by atoms with Crippen LogP contribution in [0.15, 0.2) is 29.3 Å². The molecule has 5 nitrogen and oxygen atoms in total. The Balaban J connectivity index is 2.03. The highest BCUT2D eigenvalue weighted by Gasteiger charge is 2.38. The topological polar surface area (TPSA) is 61.8 Å². The molecule has 0 aliphatic carbocycles. The Morgan fingerprint density at radius 1 is 1.30 bits per heavy atom. The molecular weight excluding hydrogens is 310 g/mol. The summed E-state index contributed by atoms with van der Waals surface area (Å²) < 4.78 is 0. The smallest absolute Gasteiger partial charge is 0.242 e. The molecular formula is C17H23N3O2S. The number of nitrogens with one attached hydrogen (secondary N) is 1. The van der Waals surface area contributed by atoms with Crippen LogP contribution < -0.4 is 5.32 Å². The molecule has 1 aromatic carbocycles. The van der Waals surface area contributed by atoms with Gasteiger partial charge < -0.3 is 5.32 Å². The lowest BCUT2D eigenvalue weighted by molar-refractivity contribution is -0.128. The van der Waals surface area contributed by atoms with Crippen LogP contribution in [0, 0.1) is 0 Å². The molecule has 0 saturated carbocycles. The SMILES string of the molecule is CCN=C1SC(CC(=O)Nc2ccccc2CC)C(=O)N1CC. The number of para-hydroxylation sites is 1. The Labute approximate surface area is 141 Å². The molecule has 1 atom stereocenters. The molecule has 23 heavy (non-hydrogen) atoms. The van der Waals surface area contributed by atoms with Gasteiger partial charge in [0.05, 0.1) is 0 Å². The summed E-state index contributed by atoms with van der Waals surface area (Å²) in [6.45, 7) is 7.13. The van der Waals surface area contributed by atoms with E-state index in [1.807, 2.05) is 45.0 Å². The summed E-state index contributed by atoms with van der Waals surface area (Å²) in [4.78, 5) is 30.7. The standard InChI is InChI=1S/C17H23N3O2S/c1-4-12-9-7-8-10-13(12)19-15(21)11-14-16(22)20(6-3)17(23-14)18-5-2/h7-10,14H,4-6,11H2,1-3H3,(H,19,21). The van der Waals surface area contributed by atoms with Crippen LogP contribution in [-0.4, -0.2) is 40.2 Å². The maximum atomic E-state index is 12.4. The maximum Gasteiger partial charge on any atom is 0.242 e. The van der Waals surface area contributed by atoms with Gasteiger partial charge in [0.25, 0.3) is 0 Å². The zero-order valence-corrected chi connectivity index (χ0v) is 14.7. The van der Waals surface area contributed by atoms with E-state index in [0.717, 1.165) is 22.8 Å². The molecule has 1 N–H and O–H groups in total. The van der Waals surface area contributed by atoms with E-state index in [1.165, 1.54) is 11.8 Å². The summed E-state index contributed by atoms with van der Waals surface area (Å²) in [7, 11) is 0. The summed E-state index contributed by atoms with van der Waals surface area (Å²) in [5, 5.41) is 3.27. The Morgan fingerprint density at radius 3 is 2.70 bits per heavy atom. The molecule has 1 aromatic rings. The maximum absolute atomic E-state index is 12.4. The van der Waals surface area contributed by atoms with E-state index in [9.17, 15) is 9.59 Å². The van der Waals surface area contributed by atoms with E-state index < -0.39 is 0 Å². The van der Waals surface area contributed by atoms with E-state index in [1.54, 1.807) is 4.90 Å². The van der Waals surface area contributed by atoms with Gasteiger partial charge in [-0.15, -0.1) is 0 Å². The number of amidine groups is 1. The lowest BCUT2D eigenvalue weighted by atomic mass is 10.1. The molecule has 1 saturated heterocycles. The number of hydrogen-bond acceptors (Lipinski definition) is 4. The molecule has 1 heterocycles. The summed E-state index contributed by atoms with van der Waals surface area (Å²) in [6, 6.07) is 7.74. The third-order valence-corrected chi connectivity index (χ3v) is 4.89. The van der Waals surface area contributed by atoms with Crippen molar-refractivity contribution in [2.24, 2.45) is 4.99 Å². The number of nitrogens with zero attached hydrogens (tertiary/aromatic N) is 2. The summed E-state index contributed by atoms with van der Waals surface area (Å²) >= 11 is 1.39. The van der Waals surface area contributed by atoms with Crippen molar-refractivity contribution < 1.29 is 9.59 Å². The van der Waals surface area contributed by atoms with Crippen molar-refractivity contribution in [2.75, 3.05) is 18.4 Å². The average molecular weight is 333 g/mol. The van der Waals surface area contributed by atoms with Crippen molar-refractivity contribution >= 4 is 34.4 Å². The molecule has 1 aliphatic heterocycles. The fourth-order valence-corrected chi connectivity index (χ4v) is 3.77. The van der Waals surface area contributed by atoms with Gasteiger partial charge in [-0.05, 0) is 31.9 Å². The predicted octanol–water partition coefficient (Wildman–Crippen LogP) is 2.92. The van der Waals surface area contributed by atoms with E-state index in [2.05, 4.69) is 10.3 Å². The van der Waals surface area contributed by atoms with Crippen LogP contribution >= 0.6 is 11.8 Å². The van der Waals surface area contributed by atoms with Crippen LogP contribution in [0.25, 0.3) is 0 Å². The third kappa shape index (κ3) is 4.13. The quantitative estimate of drug-likeness (QED) is 0.871. The molecule has 0 bridgehead atoms. The predicted molar refractivity (Wildman–Crippen MR) is 95.8 cm³/mol. The summed E-state index contributed by atoms with van der Waals surface area (Å²) in [5.41, 5.74) is 1.92. The number of aryl methyl sites for hydroxylation is 1. The minimum absolute atomic E-state index is 0.0244. The summed E-state index contributed by atoms with van der Waals surface area (Å²) in [5.74, 6) is -0.158. The first kappa shape index (κ1) is 17.5. The van der Waals surface area contributed by atoms with Crippen molar-refractivity contribution in [1.82, 2.24) is 4.90 Å². The van der Waals surface area contributed by atoms with Gasteiger partial charge in [-0.1, -0.05) is 36.9 Å². The summed E-state index contributed by atoms with van der Waals surface area (Å²) in [6.07, 6.45) is 1.02. The van der Waals surface area contributed by atoms with Crippen LogP contribution in [-0.2, 0) is 16.0 Å². The number of thioether (sulfide) groups is 1. The first-order valence-corrected chi connectivity index (χ1v) is 8.88.